The lowest BCUT2D eigenvalue weighted by atomic mass is 10.2. The summed E-state index contributed by atoms with van der Waals surface area (Å²) in [5, 5.41) is 14.2. The van der Waals surface area contributed by atoms with Crippen LogP contribution in [-0.2, 0) is 4.74 Å². The van der Waals surface area contributed by atoms with E-state index < -0.39 is 4.92 Å². The number of nitrogens with zero attached hydrogens (tertiary/aromatic N) is 1. The van der Waals surface area contributed by atoms with Crippen molar-refractivity contribution in [2.75, 3.05) is 17.9 Å². The number of nitro benzene ring substituents is 1. The van der Waals surface area contributed by atoms with Crippen LogP contribution in [0.4, 0.5) is 17.1 Å². The first kappa shape index (κ1) is 13.6. The molecule has 2 rings (SSSR count). The SMILES string of the molecule is COC1CCCC1Nc1cc(NN)cc([N+](=O)[O-])c1. The molecule has 0 aliphatic heterocycles. The van der Waals surface area contributed by atoms with Gasteiger partial charge in [0.2, 0.25) is 0 Å². The molecule has 2 unspecified atom stereocenters. The zero-order valence-corrected chi connectivity index (χ0v) is 10.8. The Hall–Kier alpha value is -1.86. The van der Waals surface area contributed by atoms with E-state index in [0.717, 1.165) is 19.3 Å². The Labute approximate surface area is 111 Å². The number of nitrogen functional groups attached to an aromatic ring is 1. The number of hydrogen-bond donors (Lipinski definition) is 3. The third kappa shape index (κ3) is 3.12. The molecule has 0 bridgehead atoms. The summed E-state index contributed by atoms with van der Waals surface area (Å²) in [5.41, 5.74) is 3.62. The van der Waals surface area contributed by atoms with Gasteiger partial charge < -0.3 is 15.5 Å². The van der Waals surface area contributed by atoms with Crippen molar-refractivity contribution in [2.24, 2.45) is 5.84 Å². The van der Waals surface area contributed by atoms with E-state index in [2.05, 4.69) is 10.7 Å². The van der Waals surface area contributed by atoms with Crippen LogP contribution >= 0.6 is 0 Å². The topological polar surface area (TPSA) is 102 Å². The number of rotatable bonds is 5. The van der Waals surface area contributed by atoms with E-state index in [4.69, 9.17) is 10.6 Å². The summed E-state index contributed by atoms with van der Waals surface area (Å²) in [6.07, 6.45) is 3.23. The van der Waals surface area contributed by atoms with Crippen molar-refractivity contribution in [3.05, 3.63) is 28.3 Å². The standard InChI is InChI=1S/C12H18N4O3/c1-19-12-4-2-3-11(12)14-8-5-9(15-13)7-10(6-8)16(17)18/h5-7,11-12,14-15H,2-4,13H2,1H3. The van der Waals surface area contributed by atoms with Crippen molar-refractivity contribution in [2.45, 2.75) is 31.4 Å². The number of nitro groups is 1. The van der Waals surface area contributed by atoms with Gasteiger partial charge in [-0.3, -0.25) is 16.0 Å². The van der Waals surface area contributed by atoms with Crippen molar-refractivity contribution in [3.8, 4) is 0 Å². The maximum Gasteiger partial charge on any atom is 0.273 e. The number of methoxy groups -OCH3 is 1. The fourth-order valence-corrected chi connectivity index (χ4v) is 2.47. The molecular formula is C12H18N4O3. The summed E-state index contributed by atoms with van der Waals surface area (Å²) in [6.45, 7) is 0. The Morgan fingerprint density at radius 3 is 2.74 bits per heavy atom. The van der Waals surface area contributed by atoms with Gasteiger partial charge in [-0.1, -0.05) is 0 Å². The van der Waals surface area contributed by atoms with Gasteiger partial charge in [0.15, 0.2) is 0 Å². The van der Waals surface area contributed by atoms with E-state index in [0.29, 0.717) is 11.4 Å². The Bertz CT molecular complexity index is 466. The maximum absolute atomic E-state index is 10.9. The van der Waals surface area contributed by atoms with Gasteiger partial charge in [0.1, 0.15) is 0 Å². The summed E-state index contributed by atoms with van der Waals surface area (Å²) in [5.74, 6) is 5.32. The second-order valence-electron chi connectivity index (χ2n) is 4.63. The first-order valence-electron chi connectivity index (χ1n) is 6.19. The van der Waals surface area contributed by atoms with Gasteiger partial charge in [-0.15, -0.1) is 0 Å². The van der Waals surface area contributed by atoms with Crippen LogP contribution in [0.25, 0.3) is 0 Å². The van der Waals surface area contributed by atoms with Crippen LogP contribution in [0.1, 0.15) is 19.3 Å². The summed E-state index contributed by atoms with van der Waals surface area (Å²) < 4.78 is 5.39. The number of non-ortho nitro benzene ring substituents is 1. The predicted octanol–water partition coefficient (Wildman–Crippen LogP) is 1.86. The lowest BCUT2D eigenvalue weighted by molar-refractivity contribution is -0.384. The number of nitrogens with one attached hydrogen (secondary N) is 2. The van der Waals surface area contributed by atoms with Crippen molar-refractivity contribution < 1.29 is 9.66 Å². The molecule has 0 heterocycles. The van der Waals surface area contributed by atoms with Gasteiger partial charge in [-0.05, 0) is 25.3 Å². The van der Waals surface area contributed by atoms with Gasteiger partial charge in [-0.2, -0.15) is 0 Å². The first-order chi connectivity index (χ1) is 9.13. The minimum absolute atomic E-state index is 0.00455. The van der Waals surface area contributed by atoms with Crippen molar-refractivity contribution in [1.82, 2.24) is 0 Å². The van der Waals surface area contributed by atoms with Gasteiger partial charge in [-0.25, -0.2) is 0 Å². The van der Waals surface area contributed by atoms with Crippen molar-refractivity contribution in [3.63, 3.8) is 0 Å². The van der Waals surface area contributed by atoms with Crippen LogP contribution in [0.3, 0.4) is 0 Å². The number of hydrazine groups is 1. The Morgan fingerprint density at radius 1 is 1.37 bits per heavy atom. The number of benzene rings is 1. The lowest BCUT2D eigenvalue weighted by Crippen LogP contribution is -2.29. The molecular weight excluding hydrogens is 248 g/mol. The highest BCUT2D eigenvalue weighted by atomic mass is 16.6. The molecule has 19 heavy (non-hydrogen) atoms. The molecule has 0 saturated heterocycles. The van der Waals surface area contributed by atoms with E-state index in [1.165, 1.54) is 12.1 Å². The molecule has 104 valence electrons. The molecule has 2 atom stereocenters. The number of nitrogens with two attached hydrogens (primary N) is 1. The Morgan fingerprint density at radius 2 is 2.11 bits per heavy atom. The summed E-state index contributed by atoms with van der Waals surface area (Å²) in [7, 11) is 1.69. The largest absolute Gasteiger partial charge is 0.379 e. The fourth-order valence-electron chi connectivity index (χ4n) is 2.47. The van der Waals surface area contributed by atoms with Crippen LogP contribution in [0.15, 0.2) is 18.2 Å². The van der Waals surface area contributed by atoms with Crippen LogP contribution in [-0.4, -0.2) is 24.2 Å². The summed E-state index contributed by atoms with van der Waals surface area (Å²) in [6, 6.07) is 4.83. The van der Waals surface area contributed by atoms with Crippen LogP contribution < -0.4 is 16.6 Å². The molecule has 1 aliphatic carbocycles. The van der Waals surface area contributed by atoms with Gasteiger partial charge in [0.25, 0.3) is 5.69 Å². The summed E-state index contributed by atoms with van der Waals surface area (Å²) in [4.78, 5) is 10.4. The first-order valence-corrected chi connectivity index (χ1v) is 6.19. The van der Waals surface area contributed by atoms with Crippen molar-refractivity contribution >= 4 is 17.1 Å². The van der Waals surface area contributed by atoms with E-state index >= 15 is 0 Å². The molecule has 1 aliphatic rings. The van der Waals surface area contributed by atoms with Crippen LogP contribution in [0.5, 0.6) is 0 Å². The maximum atomic E-state index is 10.9. The molecule has 4 N–H and O–H groups in total. The second kappa shape index (κ2) is 5.85. The van der Waals surface area contributed by atoms with E-state index in [-0.39, 0.29) is 17.8 Å². The molecule has 7 heteroatoms. The van der Waals surface area contributed by atoms with Gasteiger partial charge in [0, 0.05) is 24.9 Å². The molecule has 0 aromatic heterocycles. The number of ether oxygens (including phenoxy) is 1. The average molecular weight is 266 g/mol. The third-order valence-corrected chi connectivity index (χ3v) is 3.40. The predicted molar refractivity (Wildman–Crippen MR) is 73.0 cm³/mol. The van der Waals surface area contributed by atoms with Gasteiger partial charge in [0.05, 0.1) is 22.8 Å². The summed E-state index contributed by atoms with van der Waals surface area (Å²) >= 11 is 0. The normalized spacial score (nSPS) is 22.2. The molecule has 1 fully saturated rings. The molecule has 1 aromatic rings. The minimum Gasteiger partial charge on any atom is -0.379 e. The van der Waals surface area contributed by atoms with Crippen LogP contribution in [0, 0.1) is 10.1 Å². The zero-order valence-electron chi connectivity index (χ0n) is 10.8. The lowest BCUT2D eigenvalue weighted by Gasteiger charge is -2.21. The average Bonchev–Trinajstić information content (AvgIpc) is 2.85. The molecule has 0 amide bonds. The van der Waals surface area contributed by atoms with E-state index in [1.807, 2.05) is 0 Å². The highest BCUT2D eigenvalue weighted by Gasteiger charge is 2.27. The molecule has 1 aromatic carbocycles. The quantitative estimate of drug-likeness (QED) is 0.427. The third-order valence-electron chi connectivity index (χ3n) is 3.40. The highest BCUT2D eigenvalue weighted by Crippen LogP contribution is 2.29. The minimum atomic E-state index is -0.436. The van der Waals surface area contributed by atoms with E-state index in [1.54, 1.807) is 13.2 Å². The second-order valence-corrected chi connectivity index (χ2v) is 4.63. The Kier molecular flexibility index (Phi) is 4.18. The molecule has 7 nitrogen and oxygen atoms in total. The van der Waals surface area contributed by atoms with Gasteiger partial charge >= 0.3 is 0 Å². The highest BCUT2D eigenvalue weighted by molar-refractivity contribution is 5.63. The Balaban J connectivity index is 2.19. The number of hydrogen-bond acceptors (Lipinski definition) is 6. The monoisotopic (exact) mass is 266 g/mol. The van der Waals surface area contributed by atoms with E-state index in [9.17, 15) is 10.1 Å². The molecule has 0 radical (unpaired) electrons. The van der Waals surface area contributed by atoms with Crippen LogP contribution in [0.2, 0.25) is 0 Å². The number of anilines is 2. The molecule has 1 saturated carbocycles. The zero-order chi connectivity index (χ0) is 13.8. The smallest absolute Gasteiger partial charge is 0.273 e. The fraction of sp³-hybridized carbons (Fsp3) is 0.500. The van der Waals surface area contributed by atoms with Crippen molar-refractivity contribution in [1.29, 1.82) is 0 Å². The molecule has 0 spiro atoms.